The van der Waals surface area contributed by atoms with Gasteiger partial charge in [-0.1, -0.05) is 24.1 Å². The van der Waals surface area contributed by atoms with Gasteiger partial charge in [0.2, 0.25) is 0 Å². The third-order valence-corrected chi connectivity index (χ3v) is 6.31. The van der Waals surface area contributed by atoms with Crippen molar-refractivity contribution in [2.75, 3.05) is 32.8 Å². The van der Waals surface area contributed by atoms with Crippen LogP contribution in [-0.2, 0) is 4.74 Å². The number of aromatic nitrogens is 1. The molecule has 0 spiro atoms. The fourth-order valence-corrected chi connectivity index (χ4v) is 4.66. The minimum atomic E-state index is -0.554. The maximum Gasteiger partial charge on any atom is 0.340 e. The van der Waals surface area contributed by atoms with Gasteiger partial charge in [0.1, 0.15) is 18.5 Å². The molecule has 0 amide bonds. The van der Waals surface area contributed by atoms with E-state index in [1.54, 1.807) is 0 Å². The predicted octanol–water partition coefficient (Wildman–Crippen LogP) is 4.65. The van der Waals surface area contributed by atoms with Crippen LogP contribution >= 0.6 is 0 Å². The van der Waals surface area contributed by atoms with Crippen LogP contribution in [0.15, 0.2) is 42.5 Å². The molecule has 1 saturated heterocycles. The van der Waals surface area contributed by atoms with E-state index >= 15 is 0 Å². The van der Waals surface area contributed by atoms with E-state index in [2.05, 4.69) is 40.7 Å². The van der Waals surface area contributed by atoms with Gasteiger partial charge in [-0.2, -0.15) is 0 Å². The molecule has 0 bridgehead atoms. The second kappa shape index (κ2) is 10.4. The summed E-state index contributed by atoms with van der Waals surface area (Å²) in [4.78, 5) is 15.2. The molecule has 33 heavy (non-hydrogen) atoms. The number of aryl methyl sites for hydroxylation is 1. The molecule has 6 nitrogen and oxygen atoms in total. The van der Waals surface area contributed by atoms with E-state index < -0.39 is 6.10 Å². The van der Waals surface area contributed by atoms with Crippen LogP contribution in [0.2, 0.25) is 0 Å². The minimum Gasteiger partial charge on any atom is -0.491 e. The van der Waals surface area contributed by atoms with Crippen molar-refractivity contribution in [1.82, 2.24) is 9.47 Å². The molecule has 6 heteroatoms. The number of benzene rings is 2. The number of likely N-dealkylation sites (tertiary alicyclic amines) is 1. The average Bonchev–Trinajstić information content (AvgIpc) is 3.10. The topological polar surface area (TPSA) is 63.9 Å². The summed E-state index contributed by atoms with van der Waals surface area (Å²) < 4.78 is 13.4. The number of carbonyl (C=O) groups excluding carboxylic acids is 1. The number of rotatable bonds is 8. The van der Waals surface area contributed by atoms with E-state index in [1.807, 2.05) is 32.0 Å². The number of hydrogen-bond donors (Lipinski definition) is 1. The number of esters is 1. The zero-order valence-corrected chi connectivity index (χ0v) is 19.8. The van der Waals surface area contributed by atoms with Gasteiger partial charge < -0.3 is 24.0 Å². The van der Waals surface area contributed by atoms with Crippen LogP contribution < -0.4 is 4.74 Å². The normalized spacial score (nSPS) is 15.5. The molecule has 1 N–H and O–H groups in total. The average molecular weight is 451 g/mol. The Morgan fingerprint density at radius 1 is 1.06 bits per heavy atom. The number of ether oxygens (including phenoxy) is 2. The predicted molar refractivity (Wildman–Crippen MR) is 130 cm³/mol. The Hall–Kier alpha value is -2.83. The van der Waals surface area contributed by atoms with Crippen molar-refractivity contribution < 1.29 is 19.4 Å². The summed E-state index contributed by atoms with van der Waals surface area (Å²) >= 11 is 0. The zero-order valence-electron chi connectivity index (χ0n) is 19.8. The highest BCUT2D eigenvalue weighted by molar-refractivity contribution is 6.07. The Morgan fingerprint density at radius 3 is 2.48 bits per heavy atom. The molecule has 0 radical (unpaired) electrons. The lowest BCUT2D eigenvalue weighted by Crippen LogP contribution is -2.38. The molecule has 0 saturated carbocycles. The third-order valence-electron chi connectivity index (χ3n) is 6.31. The van der Waals surface area contributed by atoms with Gasteiger partial charge in [-0.3, -0.25) is 0 Å². The van der Waals surface area contributed by atoms with Crippen molar-refractivity contribution in [3.8, 4) is 11.4 Å². The van der Waals surface area contributed by atoms with Crippen LogP contribution in [0.1, 0.15) is 47.8 Å². The van der Waals surface area contributed by atoms with Crippen LogP contribution in [0.4, 0.5) is 0 Å². The second-order valence-corrected chi connectivity index (χ2v) is 8.86. The summed E-state index contributed by atoms with van der Waals surface area (Å²) in [5, 5.41) is 11.2. The van der Waals surface area contributed by atoms with Gasteiger partial charge in [-0.15, -0.1) is 0 Å². The van der Waals surface area contributed by atoms with Crippen molar-refractivity contribution in [3.63, 3.8) is 0 Å². The fourth-order valence-electron chi connectivity index (χ4n) is 4.66. The highest BCUT2D eigenvalue weighted by Gasteiger charge is 2.23. The molecule has 176 valence electrons. The van der Waals surface area contributed by atoms with E-state index in [0.717, 1.165) is 35.4 Å². The molecule has 2 heterocycles. The fraction of sp³-hybridized carbons (Fsp3) is 0.444. The number of aliphatic hydroxyl groups is 1. The van der Waals surface area contributed by atoms with E-state index in [0.29, 0.717) is 24.5 Å². The van der Waals surface area contributed by atoms with Gasteiger partial charge in [-0.05, 0) is 77.0 Å². The highest BCUT2D eigenvalue weighted by atomic mass is 16.5. The Bertz CT molecular complexity index is 1100. The van der Waals surface area contributed by atoms with Crippen molar-refractivity contribution in [3.05, 3.63) is 59.3 Å². The van der Waals surface area contributed by atoms with E-state index in [1.165, 1.54) is 24.8 Å². The molecule has 1 atom stereocenters. The van der Waals surface area contributed by atoms with Gasteiger partial charge in [0.25, 0.3) is 0 Å². The minimum absolute atomic E-state index is 0.217. The van der Waals surface area contributed by atoms with Crippen molar-refractivity contribution in [2.45, 2.75) is 46.1 Å². The Morgan fingerprint density at radius 2 is 1.79 bits per heavy atom. The second-order valence-electron chi connectivity index (χ2n) is 8.86. The number of fused-ring (bicyclic) bond motifs is 1. The summed E-state index contributed by atoms with van der Waals surface area (Å²) in [6.45, 7) is 9.04. The summed E-state index contributed by atoms with van der Waals surface area (Å²) in [7, 11) is 0. The third kappa shape index (κ3) is 5.23. The van der Waals surface area contributed by atoms with Crippen LogP contribution in [0.25, 0.3) is 16.6 Å². The van der Waals surface area contributed by atoms with Gasteiger partial charge in [-0.25, -0.2) is 4.79 Å². The van der Waals surface area contributed by atoms with Gasteiger partial charge in [0.05, 0.1) is 17.7 Å². The summed E-state index contributed by atoms with van der Waals surface area (Å²) in [5.41, 5.74) is 4.46. The number of hydrogen-bond acceptors (Lipinski definition) is 5. The molecule has 1 fully saturated rings. The molecule has 0 unspecified atom stereocenters. The monoisotopic (exact) mass is 450 g/mol. The first-order chi connectivity index (χ1) is 16.0. The van der Waals surface area contributed by atoms with E-state index in [-0.39, 0.29) is 12.6 Å². The van der Waals surface area contributed by atoms with Gasteiger partial charge in [0, 0.05) is 23.3 Å². The first-order valence-corrected chi connectivity index (χ1v) is 11.9. The van der Waals surface area contributed by atoms with Crippen LogP contribution in [0.5, 0.6) is 5.75 Å². The maximum atomic E-state index is 12.9. The zero-order chi connectivity index (χ0) is 23.4. The molecule has 1 aliphatic heterocycles. The lowest BCUT2D eigenvalue weighted by Gasteiger charge is -2.28. The number of aliphatic hydroxyl groups excluding tert-OH is 1. The molecule has 0 aliphatic carbocycles. The SMILES string of the molecule is CCOC(=O)c1c(C)n(-c2ccc(C)cc2)c2ccc(OC[C@@H](O)CN3CCCCC3)cc12. The molecule has 1 aromatic heterocycles. The summed E-state index contributed by atoms with van der Waals surface area (Å²) in [5.74, 6) is 0.292. The Balaban J connectivity index is 1.61. The first kappa shape index (κ1) is 23.3. The Labute approximate surface area is 195 Å². The number of β-amino-alcohol motifs (C(OH)–C–C–N with tert-alkyl or cyclic N) is 1. The smallest absolute Gasteiger partial charge is 0.340 e. The quantitative estimate of drug-likeness (QED) is 0.506. The number of carbonyl (C=O) groups is 1. The number of piperidine rings is 1. The summed E-state index contributed by atoms with van der Waals surface area (Å²) in [6.07, 6.45) is 3.10. The lowest BCUT2D eigenvalue weighted by molar-refractivity contribution is 0.0527. The Kier molecular flexibility index (Phi) is 7.36. The van der Waals surface area contributed by atoms with Gasteiger partial charge in [0.15, 0.2) is 0 Å². The van der Waals surface area contributed by atoms with Gasteiger partial charge >= 0.3 is 5.97 Å². The van der Waals surface area contributed by atoms with Crippen molar-refractivity contribution >= 4 is 16.9 Å². The first-order valence-electron chi connectivity index (χ1n) is 11.9. The van der Waals surface area contributed by atoms with Crippen molar-refractivity contribution in [1.29, 1.82) is 0 Å². The van der Waals surface area contributed by atoms with Crippen LogP contribution in [0.3, 0.4) is 0 Å². The number of nitrogens with zero attached hydrogens (tertiary/aromatic N) is 2. The van der Waals surface area contributed by atoms with E-state index in [4.69, 9.17) is 9.47 Å². The van der Waals surface area contributed by atoms with Crippen LogP contribution in [-0.4, -0.2) is 59.5 Å². The standard InChI is InChI=1S/C27H34N2O4/c1-4-32-27(31)26-20(3)29(21-10-8-19(2)9-11-21)25-13-12-23(16-24(25)26)33-18-22(30)17-28-14-6-5-7-15-28/h8-13,16,22,30H,4-7,14-15,17-18H2,1-3H3/t22-/m0/s1. The molecular formula is C27H34N2O4. The lowest BCUT2D eigenvalue weighted by atomic mass is 10.1. The largest absolute Gasteiger partial charge is 0.491 e. The molecule has 3 aromatic rings. The summed E-state index contributed by atoms with van der Waals surface area (Å²) in [6, 6.07) is 14.0. The maximum absolute atomic E-state index is 12.9. The highest BCUT2D eigenvalue weighted by Crippen LogP contribution is 2.32. The van der Waals surface area contributed by atoms with Crippen LogP contribution in [0, 0.1) is 13.8 Å². The van der Waals surface area contributed by atoms with Crippen molar-refractivity contribution in [2.24, 2.45) is 0 Å². The molecule has 4 rings (SSSR count). The van der Waals surface area contributed by atoms with E-state index in [9.17, 15) is 9.90 Å². The molecular weight excluding hydrogens is 416 g/mol. The molecule has 2 aromatic carbocycles. The molecule has 1 aliphatic rings.